The zero-order valence-corrected chi connectivity index (χ0v) is 9.10. The van der Waals surface area contributed by atoms with Crippen LogP contribution in [0.3, 0.4) is 0 Å². The van der Waals surface area contributed by atoms with Crippen LogP contribution in [0.15, 0.2) is 11.6 Å². The molecule has 1 saturated heterocycles. The van der Waals surface area contributed by atoms with E-state index >= 15 is 0 Å². The predicted molar refractivity (Wildman–Crippen MR) is 57.8 cm³/mol. The van der Waals surface area contributed by atoms with E-state index in [-0.39, 0.29) is 5.60 Å². The van der Waals surface area contributed by atoms with Crippen molar-refractivity contribution in [3.63, 3.8) is 0 Å². The van der Waals surface area contributed by atoms with E-state index in [2.05, 4.69) is 25.7 Å². The maximum absolute atomic E-state index is 5.58. The van der Waals surface area contributed by atoms with Crippen molar-refractivity contribution in [2.45, 2.75) is 45.1 Å². The summed E-state index contributed by atoms with van der Waals surface area (Å²) in [6, 6.07) is 0. The lowest BCUT2D eigenvalue weighted by atomic mass is 9.80. The normalized spacial score (nSPS) is 34.6. The molecule has 2 unspecified atom stereocenters. The third kappa shape index (κ3) is 2.01. The molecule has 0 radical (unpaired) electrons. The molecule has 2 fully saturated rings. The highest BCUT2D eigenvalue weighted by Crippen LogP contribution is 2.45. The van der Waals surface area contributed by atoms with E-state index in [9.17, 15) is 0 Å². The fraction of sp³-hybridized carbons (Fsp3) is 0.692. The minimum Gasteiger partial charge on any atom is -0.368 e. The first-order chi connectivity index (χ1) is 6.73. The van der Waals surface area contributed by atoms with E-state index in [0.717, 1.165) is 6.61 Å². The first kappa shape index (κ1) is 9.80. The summed E-state index contributed by atoms with van der Waals surface area (Å²) in [6.45, 7) is 5.11. The highest BCUT2D eigenvalue weighted by atomic mass is 16.6. The van der Waals surface area contributed by atoms with E-state index in [4.69, 9.17) is 4.74 Å². The van der Waals surface area contributed by atoms with Crippen molar-refractivity contribution < 1.29 is 4.74 Å². The number of hydrogen-bond acceptors (Lipinski definition) is 1. The van der Waals surface area contributed by atoms with E-state index in [1.165, 1.54) is 31.3 Å². The van der Waals surface area contributed by atoms with Crippen LogP contribution in [-0.4, -0.2) is 12.2 Å². The number of ether oxygens (including phenoxy) is 1. The van der Waals surface area contributed by atoms with Gasteiger partial charge < -0.3 is 4.74 Å². The molecule has 1 spiro atoms. The van der Waals surface area contributed by atoms with E-state index < -0.39 is 0 Å². The summed E-state index contributed by atoms with van der Waals surface area (Å²) in [5.74, 6) is 7.00. The Balaban J connectivity index is 2.01. The van der Waals surface area contributed by atoms with Crippen molar-refractivity contribution in [2.75, 3.05) is 6.61 Å². The maximum Gasteiger partial charge on any atom is 0.105 e. The minimum atomic E-state index is 0.181. The zero-order chi connectivity index (χ0) is 10.0. The highest BCUT2D eigenvalue weighted by molar-refractivity contribution is 5.24. The van der Waals surface area contributed by atoms with Crippen molar-refractivity contribution in [1.29, 1.82) is 0 Å². The quantitative estimate of drug-likeness (QED) is 0.422. The van der Waals surface area contributed by atoms with E-state index in [1.54, 1.807) is 0 Å². The first-order valence-corrected chi connectivity index (χ1v) is 5.51. The molecule has 2 atom stereocenters. The van der Waals surface area contributed by atoms with E-state index in [0.29, 0.717) is 5.92 Å². The average Bonchev–Trinajstić information content (AvgIpc) is 2.89. The third-order valence-electron chi connectivity index (χ3n) is 3.11. The Morgan fingerprint density at radius 3 is 2.86 bits per heavy atom. The van der Waals surface area contributed by atoms with Crippen LogP contribution >= 0.6 is 0 Å². The van der Waals surface area contributed by atoms with Crippen LogP contribution in [0.2, 0.25) is 0 Å². The van der Waals surface area contributed by atoms with E-state index in [1.807, 2.05) is 6.08 Å². The molecule has 0 amide bonds. The lowest BCUT2D eigenvalue weighted by Crippen LogP contribution is -2.26. The molecule has 1 aliphatic carbocycles. The summed E-state index contributed by atoms with van der Waals surface area (Å²) >= 11 is 0. The van der Waals surface area contributed by atoms with Gasteiger partial charge in [0.05, 0.1) is 12.5 Å². The van der Waals surface area contributed by atoms with Gasteiger partial charge in [-0.25, -0.2) is 0 Å². The van der Waals surface area contributed by atoms with Crippen LogP contribution in [0.25, 0.3) is 0 Å². The number of epoxide rings is 1. The van der Waals surface area contributed by atoms with Crippen LogP contribution in [0.5, 0.6) is 0 Å². The average molecular weight is 190 g/mol. The molecule has 0 bridgehead atoms. The highest BCUT2D eigenvalue weighted by Gasteiger charge is 2.51. The van der Waals surface area contributed by atoms with Crippen LogP contribution < -0.4 is 0 Å². The van der Waals surface area contributed by atoms with Gasteiger partial charge in [0.1, 0.15) is 5.60 Å². The molecule has 0 aromatic heterocycles. The van der Waals surface area contributed by atoms with Crippen molar-refractivity contribution in [3.05, 3.63) is 11.6 Å². The van der Waals surface area contributed by atoms with Gasteiger partial charge in [-0.15, -0.1) is 0 Å². The molecule has 1 aliphatic heterocycles. The van der Waals surface area contributed by atoms with Gasteiger partial charge in [-0.2, -0.15) is 0 Å². The topological polar surface area (TPSA) is 12.5 Å². The molecule has 14 heavy (non-hydrogen) atoms. The SMILES string of the molecule is CC(C)=CC#CC1CCCCC12CO2. The molecule has 1 heteroatoms. The predicted octanol–water partition coefficient (Wildman–Crippen LogP) is 2.92. The van der Waals surface area contributed by atoms with Crippen molar-refractivity contribution in [3.8, 4) is 11.8 Å². The van der Waals surface area contributed by atoms with Crippen LogP contribution in [0, 0.1) is 17.8 Å². The largest absolute Gasteiger partial charge is 0.368 e. The summed E-state index contributed by atoms with van der Waals surface area (Å²) in [4.78, 5) is 0. The van der Waals surface area contributed by atoms with Gasteiger partial charge >= 0.3 is 0 Å². The molecule has 1 heterocycles. The van der Waals surface area contributed by atoms with Crippen LogP contribution in [0.4, 0.5) is 0 Å². The van der Waals surface area contributed by atoms with Gasteiger partial charge in [-0.3, -0.25) is 0 Å². The lowest BCUT2D eigenvalue weighted by Gasteiger charge is -2.24. The molecule has 2 rings (SSSR count). The van der Waals surface area contributed by atoms with Gasteiger partial charge in [0.15, 0.2) is 0 Å². The second-order valence-corrected chi connectivity index (χ2v) is 4.66. The standard InChI is InChI=1S/C13H18O/c1-11(2)6-5-8-12-7-3-4-9-13(12)10-14-13/h6,12H,3-4,7,9-10H2,1-2H3. The smallest absolute Gasteiger partial charge is 0.105 e. The summed E-state index contributed by atoms with van der Waals surface area (Å²) in [7, 11) is 0. The first-order valence-electron chi connectivity index (χ1n) is 5.51. The molecule has 0 aromatic rings. The molecule has 76 valence electrons. The number of hydrogen-bond donors (Lipinski definition) is 0. The summed E-state index contributed by atoms with van der Waals surface area (Å²) < 4.78 is 5.58. The van der Waals surface area contributed by atoms with Crippen LogP contribution in [-0.2, 0) is 4.74 Å². The van der Waals surface area contributed by atoms with Crippen LogP contribution in [0.1, 0.15) is 39.5 Å². The number of rotatable bonds is 0. The van der Waals surface area contributed by atoms with Gasteiger partial charge in [-0.1, -0.05) is 30.3 Å². The van der Waals surface area contributed by atoms with Gasteiger partial charge in [0.25, 0.3) is 0 Å². The molecular weight excluding hydrogens is 172 g/mol. The summed E-state index contributed by atoms with van der Waals surface area (Å²) in [6.07, 6.45) is 7.09. The maximum atomic E-state index is 5.58. The summed E-state index contributed by atoms with van der Waals surface area (Å²) in [5.41, 5.74) is 1.46. The van der Waals surface area contributed by atoms with Crippen molar-refractivity contribution >= 4 is 0 Å². The van der Waals surface area contributed by atoms with Gasteiger partial charge in [-0.05, 0) is 32.8 Å². The zero-order valence-electron chi connectivity index (χ0n) is 9.10. The molecule has 1 nitrogen and oxygen atoms in total. The summed E-state index contributed by atoms with van der Waals surface area (Å²) in [5, 5.41) is 0. The minimum absolute atomic E-state index is 0.181. The van der Waals surface area contributed by atoms with Crippen molar-refractivity contribution in [1.82, 2.24) is 0 Å². The number of allylic oxidation sites excluding steroid dienone is 2. The molecule has 2 aliphatic rings. The Morgan fingerprint density at radius 2 is 2.21 bits per heavy atom. The second-order valence-electron chi connectivity index (χ2n) is 4.66. The fourth-order valence-electron chi connectivity index (χ4n) is 2.14. The van der Waals surface area contributed by atoms with Crippen molar-refractivity contribution in [2.24, 2.45) is 5.92 Å². The lowest BCUT2D eigenvalue weighted by molar-refractivity contribution is 0.195. The molecular formula is C13H18O. The fourth-order valence-corrected chi connectivity index (χ4v) is 2.14. The Hall–Kier alpha value is -0.740. The Kier molecular flexibility index (Phi) is 2.65. The van der Waals surface area contributed by atoms with Gasteiger partial charge in [0.2, 0.25) is 0 Å². The van der Waals surface area contributed by atoms with Gasteiger partial charge in [0, 0.05) is 0 Å². The molecule has 0 aromatic carbocycles. The Labute approximate surface area is 86.5 Å². The monoisotopic (exact) mass is 190 g/mol. The Bertz CT molecular complexity index is 295. The second kappa shape index (κ2) is 3.79. The molecule has 1 saturated carbocycles. The Morgan fingerprint density at radius 1 is 1.43 bits per heavy atom. The third-order valence-corrected chi connectivity index (χ3v) is 3.11. The molecule has 0 N–H and O–H groups in total.